The van der Waals surface area contributed by atoms with Gasteiger partial charge in [0.25, 0.3) is 0 Å². The van der Waals surface area contributed by atoms with Crippen molar-refractivity contribution in [1.29, 1.82) is 0 Å². The molecule has 1 aliphatic heterocycles. The zero-order valence-electron chi connectivity index (χ0n) is 10.1. The highest BCUT2D eigenvalue weighted by Gasteiger charge is 2.32. The molecule has 1 fully saturated rings. The molecule has 0 spiro atoms. The van der Waals surface area contributed by atoms with Gasteiger partial charge in [0.15, 0.2) is 0 Å². The van der Waals surface area contributed by atoms with Crippen LogP contribution in [0.2, 0.25) is 0 Å². The van der Waals surface area contributed by atoms with Gasteiger partial charge in [0, 0.05) is 30.2 Å². The SMILES string of the molecule is Cc1ncccc1OCC1(CBr)CCOCC1. The average molecular weight is 300 g/mol. The summed E-state index contributed by atoms with van der Waals surface area (Å²) in [6.07, 6.45) is 3.89. The Morgan fingerprint density at radius 3 is 2.88 bits per heavy atom. The van der Waals surface area contributed by atoms with E-state index in [-0.39, 0.29) is 5.41 Å². The molecule has 0 N–H and O–H groups in total. The number of ether oxygens (including phenoxy) is 2. The summed E-state index contributed by atoms with van der Waals surface area (Å²) in [5, 5.41) is 0.961. The normalized spacial score (nSPS) is 18.9. The molecule has 0 aliphatic carbocycles. The van der Waals surface area contributed by atoms with E-state index in [0.29, 0.717) is 0 Å². The topological polar surface area (TPSA) is 31.4 Å². The average Bonchev–Trinajstić information content (AvgIpc) is 2.39. The summed E-state index contributed by atoms with van der Waals surface area (Å²) in [4.78, 5) is 4.23. The molecular weight excluding hydrogens is 282 g/mol. The van der Waals surface area contributed by atoms with Gasteiger partial charge in [0.1, 0.15) is 5.75 Å². The lowest BCUT2D eigenvalue weighted by Crippen LogP contribution is -2.36. The number of hydrogen-bond donors (Lipinski definition) is 0. The maximum atomic E-state index is 5.92. The van der Waals surface area contributed by atoms with Crippen molar-refractivity contribution in [1.82, 2.24) is 4.98 Å². The van der Waals surface area contributed by atoms with E-state index in [1.54, 1.807) is 6.20 Å². The van der Waals surface area contributed by atoms with E-state index in [1.807, 2.05) is 19.1 Å². The van der Waals surface area contributed by atoms with Crippen LogP contribution in [0.1, 0.15) is 18.5 Å². The summed E-state index contributed by atoms with van der Waals surface area (Å²) < 4.78 is 11.3. The van der Waals surface area contributed by atoms with E-state index in [1.165, 1.54) is 0 Å². The first-order valence-corrected chi connectivity index (χ1v) is 7.06. The number of nitrogens with zero attached hydrogens (tertiary/aromatic N) is 1. The Balaban J connectivity index is 1.98. The number of hydrogen-bond acceptors (Lipinski definition) is 3. The van der Waals surface area contributed by atoms with Gasteiger partial charge in [-0.05, 0) is 31.9 Å². The van der Waals surface area contributed by atoms with Gasteiger partial charge < -0.3 is 9.47 Å². The molecule has 0 aromatic carbocycles. The van der Waals surface area contributed by atoms with E-state index >= 15 is 0 Å². The third-order valence-corrected chi connectivity index (χ3v) is 4.52. The van der Waals surface area contributed by atoms with Gasteiger partial charge in [-0.15, -0.1) is 0 Å². The van der Waals surface area contributed by atoms with Crippen LogP contribution in [-0.4, -0.2) is 30.1 Å². The zero-order valence-corrected chi connectivity index (χ0v) is 11.7. The number of rotatable bonds is 4. The molecule has 1 aliphatic rings. The fourth-order valence-electron chi connectivity index (χ4n) is 1.97. The molecule has 0 bridgehead atoms. The van der Waals surface area contributed by atoms with Crippen molar-refractivity contribution in [3.05, 3.63) is 24.0 Å². The smallest absolute Gasteiger partial charge is 0.140 e. The van der Waals surface area contributed by atoms with Crippen LogP contribution in [0.15, 0.2) is 18.3 Å². The van der Waals surface area contributed by atoms with Crippen molar-refractivity contribution >= 4 is 15.9 Å². The first-order chi connectivity index (χ1) is 8.26. The molecule has 2 rings (SSSR count). The summed E-state index contributed by atoms with van der Waals surface area (Å²) in [6.45, 7) is 4.37. The van der Waals surface area contributed by atoms with Crippen LogP contribution in [0.25, 0.3) is 0 Å². The molecule has 1 aromatic heterocycles. The number of pyridine rings is 1. The maximum Gasteiger partial charge on any atom is 0.140 e. The Bertz CT molecular complexity index is 364. The third-order valence-electron chi connectivity index (χ3n) is 3.33. The third kappa shape index (κ3) is 3.19. The van der Waals surface area contributed by atoms with Crippen LogP contribution in [0.4, 0.5) is 0 Å². The Labute approximate surface area is 111 Å². The second kappa shape index (κ2) is 5.83. The quantitative estimate of drug-likeness (QED) is 0.801. The summed E-state index contributed by atoms with van der Waals surface area (Å²) in [7, 11) is 0. The Morgan fingerprint density at radius 2 is 2.24 bits per heavy atom. The lowest BCUT2D eigenvalue weighted by Gasteiger charge is -2.35. The van der Waals surface area contributed by atoms with E-state index in [0.717, 1.165) is 49.4 Å². The van der Waals surface area contributed by atoms with E-state index in [2.05, 4.69) is 20.9 Å². The van der Waals surface area contributed by atoms with Gasteiger partial charge in [0.2, 0.25) is 0 Å². The number of alkyl halides is 1. The number of aromatic nitrogens is 1. The zero-order chi connectivity index (χ0) is 12.1. The molecule has 17 heavy (non-hydrogen) atoms. The fraction of sp³-hybridized carbons (Fsp3) is 0.615. The van der Waals surface area contributed by atoms with Crippen molar-refractivity contribution in [3.8, 4) is 5.75 Å². The highest BCUT2D eigenvalue weighted by molar-refractivity contribution is 9.09. The van der Waals surface area contributed by atoms with Crippen molar-refractivity contribution in [3.63, 3.8) is 0 Å². The molecule has 94 valence electrons. The maximum absolute atomic E-state index is 5.92. The van der Waals surface area contributed by atoms with Crippen LogP contribution < -0.4 is 4.74 Å². The predicted molar refractivity (Wildman–Crippen MR) is 70.7 cm³/mol. The number of halogens is 1. The van der Waals surface area contributed by atoms with E-state index in [4.69, 9.17) is 9.47 Å². The Kier molecular flexibility index (Phi) is 4.40. The molecule has 0 saturated carbocycles. The Hall–Kier alpha value is -0.610. The summed E-state index contributed by atoms with van der Waals surface area (Å²) in [5.41, 5.74) is 1.16. The second-order valence-corrected chi connectivity index (χ2v) is 5.18. The van der Waals surface area contributed by atoms with Gasteiger partial charge in [-0.2, -0.15) is 0 Å². The molecule has 0 radical (unpaired) electrons. The second-order valence-electron chi connectivity index (χ2n) is 4.62. The van der Waals surface area contributed by atoms with Gasteiger partial charge in [0.05, 0.1) is 12.3 Å². The number of aryl methyl sites for hydroxylation is 1. The van der Waals surface area contributed by atoms with Crippen LogP contribution in [-0.2, 0) is 4.74 Å². The van der Waals surface area contributed by atoms with Crippen LogP contribution in [0, 0.1) is 12.3 Å². The molecule has 1 saturated heterocycles. The van der Waals surface area contributed by atoms with Crippen LogP contribution in [0.3, 0.4) is 0 Å². The van der Waals surface area contributed by atoms with Gasteiger partial charge in [-0.25, -0.2) is 0 Å². The standard InChI is InChI=1S/C13H18BrNO2/c1-11-12(3-2-6-15-11)17-10-13(9-14)4-7-16-8-5-13/h2-3,6H,4-5,7-10H2,1H3. The van der Waals surface area contributed by atoms with Crippen molar-refractivity contribution in [2.45, 2.75) is 19.8 Å². The van der Waals surface area contributed by atoms with Crippen molar-refractivity contribution < 1.29 is 9.47 Å². The minimum absolute atomic E-state index is 0.209. The molecule has 3 nitrogen and oxygen atoms in total. The van der Waals surface area contributed by atoms with Gasteiger partial charge in [-0.1, -0.05) is 15.9 Å². The predicted octanol–water partition coefficient (Wildman–Crippen LogP) is 2.96. The highest BCUT2D eigenvalue weighted by atomic mass is 79.9. The minimum Gasteiger partial charge on any atom is -0.491 e. The summed E-state index contributed by atoms with van der Waals surface area (Å²) in [5.74, 6) is 0.888. The van der Waals surface area contributed by atoms with Crippen molar-refractivity contribution in [2.75, 3.05) is 25.2 Å². The summed E-state index contributed by atoms with van der Waals surface area (Å²) in [6, 6.07) is 3.89. The lowest BCUT2D eigenvalue weighted by molar-refractivity contribution is 0.00336. The minimum atomic E-state index is 0.209. The van der Waals surface area contributed by atoms with Crippen LogP contribution >= 0.6 is 15.9 Å². The lowest BCUT2D eigenvalue weighted by atomic mass is 9.83. The molecular formula is C13H18BrNO2. The first kappa shape index (κ1) is 12.8. The van der Waals surface area contributed by atoms with Gasteiger partial charge >= 0.3 is 0 Å². The molecule has 2 heterocycles. The molecule has 0 unspecified atom stereocenters. The highest BCUT2D eigenvalue weighted by Crippen LogP contribution is 2.33. The molecule has 4 heteroatoms. The summed E-state index contributed by atoms with van der Waals surface area (Å²) >= 11 is 3.61. The fourth-order valence-corrected chi connectivity index (χ4v) is 2.70. The Morgan fingerprint density at radius 1 is 1.47 bits per heavy atom. The monoisotopic (exact) mass is 299 g/mol. The van der Waals surface area contributed by atoms with Gasteiger partial charge in [-0.3, -0.25) is 4.98 Å². The molecule has 0 amide bonds. The van der Waals surface area contributed by atoms with Crippen molar-refractivity contribution in [2.24, 2.45) is 5.41 Å². The van der Waals surface area contributed by atoms with E-state index < -0.39 is 0 Å². The first-order valence-electron chi connectivity index (χ1n) is 5.94. The largest absolute Gasteiger partial charge is 0.491 e. The molecule has 0 atom stereocenters. The van der Waals surface area contributed by atoms with E-state index in [9.17, 15) is 0 Å². The molecule has 1 aromatic rings. The van der Waals surface area contributed by atoms with Crippen LogP contribution in [0.5, 0.6) is 5.75 Å².